The summed E-state index contributed by atoms with van der Waals surface area (Å²) >= 11 is 0. The minimum absolute atomic E-state index is 0.254. The maximum absolute atomic E-state index is 9.73. The van der Waals surface area contributed by atoms with E-state index in [2.05, 4.69) is 23.5 Å². The molecular formula is C15H21NO2. The lowest BCUT2D eigenvalue weighted by atomic mass is 9.80. The van der Waals surface area contributed by atoms with E-state index in [1.807, 2.05) is 0 Å². The molecule has 0 bridgehead atoms. The molecule has 3 nitrogen and oxygen atoms in total. The number of benzene rings is 1. The van der Waals surface area contributed by atoms with E-state index >= 15 is 0 Å². The van der Waals surface area contributed by atoms with Crippen LogP contribution in [0.4, 0.5) is 0 Å². The van der Waals surface area contributed by atoms with Gasteiger partial charge in [0, 0.05) is 12.3 Å². The first-order valence-electron chi connectivity index (χ1n) is 6.95. The Balaban J connectivity index is 1.82. The molecule has 1 fully saturated rings. The number of rotatable bonds is 3. The van der Waals surface area contributed by atoms with Gasteiger partial charge < -0.3 is 15.2 Å². The second kappa shape index (κ2) is 5.29. The van der Waals surface area contributed by atoms with E-state index in [1.165, 1.54) is 24.0 Å². The third kappa shape index (κ3) is 2.25. The summed E-state index contributed by atoms with van der Waals surface area (Å²) in [6, 6.07) is 6.44. The van der Waals surface area contributed by atoms with Crippen molar-refractivity contribution in [3.63, 3.8) is 0 Å². The summed E-state index contributed by atoms with van der Waals surface area (Å²) in [6.45, 7) is 3.21. The third-order valence-corrected chi connectivity index (χ3v) is 4.29. The molecule has 1 saturated heterocycles. The molecule has 2 N–H and O–H groups in total. The molecular weight excluding hydrogens is 226 g/mol. The Morgan fingerprint density at radius 1 is 1.33 bits per heavy atom. The first-order valence-corrected chi connectivity index (χ1v) is 6.95. The van der Waals surface area contributed by atoms with E-state index in [9.17, 15) is 5.11 Å². The van der Waals surface area contributed by atoms with Gasteiger partial charge in [-0.05, 0) is 49.0 Å². The van der Waals surface area contributed by atoms with Crippen molar-refractivity contribution in [2.75, 3.05) is 26.3 Å². The molecule has 1 aromatic rings. The van der Waals surface area contributed by atoms with Crippen molar-refractivity contribution in [2.24, 2.45) is 5.92 Å². The van der Waals surface area contributed by atoms with Gasteiger partial charge in [-0.25, -0.2) is 0 Å². The summed E-state index contributed by atoms with van der Waals surface area (Å²) < 4.78 is 5.54. The zero-order valence-electron chi connectivity index (χ0n) is 10.7. The normalized spacial score (nSPS) is 21.4. The van der Waals surface area contributed by atoms with Crippen LogP contribution in [0.15, 0.2) is 18.2 Å². The van der Waals surface area contributed by atoms with E-state index in [1.54, 1.807) is 0 Å². The zero-order valence-corrected chi connectivity index (χ0v) is 10.7. The number of aliphatic hydroxyl groups excluding tert-OH is 1. The second-order valence-corrected chi connectivity index (χ2v) is 5.34. The highest BCUT2D eigenvalue weighted by atomic mass is 16.5. The quantitative estimate of drug-likeness (QED) is 0.854. The van der Waals surface area contributed by atoms with Crippen LogP contribution >= 0.6 is 0 Å². The molecule has 1 unspecified atom stereocenters. The van der Waals surface area contributed by atoms with Crippen molar-refractivity contribution in [3.8, 4) is 5.75 Å². The summed E-state index contributed by atoms with van der Waals surface area (Å²) in [6.07, 6.45) is 3.34. The molecule has 0 aromatic heterocycles. The SMILES string of the molecule is OCC(c1ccc2c(c1)CCO2)C1CCNCC1. The summed E-state index contributed by atoms with van der Waals surface area (Å²) in [5, 5.41) is 13.1. The zero-order chi connectivity index (χ0) is 12.4. The van der Waals surface area contributed by atoms with Crippen LogP contribution in [-0.4, -0.2) is 31.4 Å². The summed E-state index contributed by atoms with van der Waals surface area (Å²) in [7, 11) is 0. The van der Waals surface area contributed by atoms with Crippen LogP contribution in [0.3, 0.4) is 0 Å². The number of aliphatic hydroxyl groups is 1. The van der Waals surface area contributed by atoms with Crippen molar-refractivity contribution in [2.45, 2.75) is 25.2 Å². The average Bonchev–Trinajstić information content (AvgIpc) is 2.88. The van der Waals surface area contributed by atoms with Crippen LogP contribution in [-0.2, 0) is 6.42 Å². The molecule has 98 valence electrons. The number of hydrogen-bond acceptors (Lipinski definition) is 3. The third-order valence-electron chi connectivity index (χ3n) is 4.29. The summed E-state index contributed by atoms with van der Waals surface area (Å²) in [4.78, 5) is 0. The van der Waals surface area contributed by atoms with Gasteiger partial charge in [-0.2, -0.15) is 0 Å². The molecule has 0 spiro atoms. The van der Waals surface area contributed by atoms with Gasteiger partial charge in [0.2, 0.25) is 0 Å². The minimum atomic E-state index is 0.254. The molecule has 1 atom stereocenters. The number of ether oxygens (including phenoxy) is 1. The van der Waals surface area contributed by atoms with Gasteiger partial charge >= 0.3 is 0 Å². The van der Waals surface area contributed by atoms with E-state index < -0.39 is 0 Å². The fourth-order valence-electron chi connectivity index (χ4n) is 3.21. The van der Waals surface area contributed by atoms with Crippen molar-refractivity contribution in [1.82, 2.24) is 5.32 Å². The summed E-state index contributed by atoms with van der Waals surface area (Å²) in [5.41, 5.74) is 2.59. The highest BCUT2D eigenvalue weighted by Gasteiger charge is 2.25. The first kappa shape index (κ1) is 12.0. The van der Waals surface area contributed by atoms with E-state index in [0.717, 1.165) is 31.9 Å². The van der Waals surface area contributed by atoms with E-state index in [4.69, 9.17) is 4.74 Å². The molecule has 18 heavy (non-hydrogen) atoms. The van der Waals surface area contributed by atoms with E-state index in [-0.39, 0.29) is 12.5 Å². The predicted molar refractivity (Wildman–Crippen MR) is 71.1 cm³/mol. The Kier molecular flexibility index (Phi) is 3.52. The molecule has 2 heterocycles. The van der Waals surface area contributed by atoms with Gasteiger partial charge in [-0.3, -0.25) is 0 Å². The maximum Gasteiger partial charge on any atom is 0.122 e. The van der Waals surface area contributed by atoms with Crippen LogP contribution < -0.4 is 10.1 Å². The van der Waals surface area contributed by atoms with Gasteiger partial charge in [0.25, 0.3) is 0 Å². The Morgan fingerprint density at radius 2 is 2.17 bits per heavy atom. The Bertz CT molecular complexity index is 413. The number of nitrogens with one attached hydrogen (secondary N) is 1. The predicted octanol–water partition coefficient (Wildman–Crippen LogP) is 1.70. The van der Waals surface area contributed by atoms with Crippen LogP contribution in [0.2, 0.25) is 0 Å². The minimum Gasteiger partial charge on any atom is -0.493 e. The lowest BCUT2D eigenvalue weighted by Crippen LogP contribution is -2.32. The molecule has 0 aliphatic carbocycles. The smallest absolute Gasteiger partial charge is 0.122 e. The standard InChI is InChI=1S/C15H21NO2/c17-10-14(11-3-6-16-7-4-11)12-1-2-15-13(9-12)5-8-18-15/h1-2,9,11,14,16-17H,3-8,10H2. The Hall–Kier alpha value is -1.06. The van der Waals surface area contributed by atoms with Crippen molar-refractivity contribution < 1.29 is 9.84 Å². The fourth-order valence-corrected chi connectivity index (χ4v) is 3.21. The van der Waals surface area contributed by atoms with Gasteiger partial charge in [0.15, 0.2) is 0 Å². The highest BCUT2D eigenvalue weighted by molar-refractivity contribution is 5.41. The van der Waals surface area contributed by atoms with Gasteiger partial charge in [-0.15, -0.1) is 0 Å². The molecule has 3 rings (SSSR count). The Labute approximate surface area is 108 Å². The van der Waals surface area contributed by atoms with Crippen LogP contribution in [0, 0.1) is 5.92 Å². The lowest BCUT2D eigenvalue weighted by molar-refractivity contribution is 0.201. The molecule has 2 aliphatic heterocycles. The Morgan fingerprint density at radius 3 is 2.94 bits per heavy atom. The summed E-state index contributed by atoms with van der Waals surface area (Å²) in [5.74, 6) is 1.93. The molecule has 2 aliphatic rings. The first-order chi connectivity index (χ1) is 8.88. The van der Waals surface area contributed by atoms with Crippen LogP contribution in [0.25, 0.3) is 0 Å². The van der Waals surface area contributed by atoms with Crippen molar-refractivity contribution in [3.05, 3.63) is 29.3 Å². The average molecular weight is 247 g/mol. The molecule has 1 aromatic carbocycles. The van der Waals surface area contributed by atoms with E-state index in [0.29, 0.717) is 5.92 Å². The van der Waals surface area contributed by atoms with Crippen molar-refractivity contribution in [1.29, 1.82) is 0 Å². The maximum atomic E-state index is 9.73. The topological polar surface area (TPSA) is 41.5 Å². The molecule has 0 radical (unpaired) electrons. The number of fused-ring (bicyclic) bond motifs is 1. The number of piperidine rings is 1. The second-order valence-electron chi connectivity index (χ2n) is 5.34. The van der Waals surface area contributed by atoms with Crippen LogP contribution in [0.5, 0.6) is 5.75 Å². The largest absolute Gasteiger partial charge is 0.493 e. The highest BCUT2D eigenvalue weighted by Crippen LogP contribution is 2.34. The molecule has 3 heteroatoms. The molecule has 0 amide bonds. The lowest BCUT2D eigenvalue weighted by Gasteiger charge is -2.30. The van der Waals surface area contributed by atoms with Gasteiger partial charge in [-0.1, -0.05) is 12.1 Å². The van der Waals surface area contributed by atoms with Crippen LogP contribution in [0.1, 0.15) is 29.9 Å². The monoisotopic (exact) mass is 247 g/mol. The van der Waals surface area contributed by atoms with Gasteiger partial charge in [0.1, 0.15) is 5.75 Å². The number of hydrogen-bond donors (Lipinski definition) is 2. The molecule has 0 saturated carbocycles. The van der Waals surface area contributed by atoms with Crippen molar-refractivity contribution >= 4 is 0 Å². The fraction of sp³-hybridized carbons (Fsp3) is 0.600. The van der Waals surface area contributed by atoms with Gasteiger partial charge in [0.05, 0.1) is 13.2 Å².